The van der Waals surface area contributed by atoms with E-state index in [9.17, 15) is 8.78 Å². The highest BCUT2D eigenvalue weighted by Crippen LogP contribution is 2.17. The molecule has 1 unspecified atom stereocenters. The summed E-state index contributed by atoms with van der Waals surface area (Å²) >= 11 is 0. The molecule has 24 heavy (non-hydrogen) atoms. The molecule has 1 aromatic heterocycles. The molecule has 1 heterocycles. The normalized spacial score (nSPS) is 12.9. The lowest BCUT2D eigenvalue weighted by molar-refractivity contribution is 0.506. The van der Waals surface area contributed by atoms with Crippen LogP contribution in [0.1, 0.15) is 37.6 Å². The molecule has 0 bridgehead atoms. The summed E-state index contributed by atoms with van der Waals surface area (Å²) in [6.45, 7) is 5.15. The Morgan fingerprint density at radius 3 is 2.79 bits per heavy atom. The number of nitrogens with zero attached hydrogens (tertiary/aromatic N) is 1. The van der Waals surface area contributed by atoms with E-state index in [2.05, 4.69) is 15.6 Å². The first-order valence-corrected chi connectivity index (χ1v) is 8.12. The van der Waals surface area contributed by atoms with E-state index in [1.165, 1.54) is 12.1 Å². The first kappa shape index (κ1) is 18.0. The fourth-order valence-electron chi connectivity index (χ4n) is 2.27. The molecule has 0 aliphatic rings. The van der Waals surface area contributed by atoms with Crippen LogP contribution in [-0.4, -0.2) is 19.0 Å². The Hall–Kier alpha value is -2.37. The van der Waals surface area contributed by atoms with Crippen LogP contribution in [0.2, 0.25) is 0 Å². The lowest BCUT2D eigenvalue weighted by Gasteiger charge is -2.19. The third-order valence-electron chi connectivity index (χ3n) is 3.52. The minimum atomic E-state index is -0.583. The van der Waals surface area contributed by atoms with Crippen molar-refractivity contribution in [3.8, 4) is 0 Å². The number of hydrogen-bond donors (Lipinski definition) is 2. The highest BCUT2D eigenvalue weighted by molar-refractivity contribution is 5.80. The molecular formula is C18H23F2N3O. The Balaban J connectivity index is 1.96. The highest BCUT2D eigenvalue weighted by atomic mass is 19.1. The molecule has 0 saturated carbocycles. The van der Waals surface area contributed by atoms with Gasteiger partial charge in [0, 0.05) is 31.1 Å². The molecule has 2 aromatic rings. The third-order valence-corrected chi connectivity index (χ3v) is 3.52. The standard InChI is InChI=1S/C18H23F2N3O/c1-3-9-21-18(22-10-8-15-5-4-11-24-15)23-13(2)16-7-6-14(19)12-17(16)20/h4-7,11-13H,3,8-10H2,1-2H3,(H2,21,22,23). The molecule has 0 spiro atoms. The van der Waals surface area contributed by atoms with Gasteiger partial charge < -0.3 is 15.1 Å². The highest BCUT2D eigenvalue weighted by Gasteiger charge is 2.13. The zero-order valence-corrected chi connectivity index (χ0v) is 14.0. The van der Waals surface area contributed by atoms with E-state index in [0.29, 0.717) is 24.6 Å². The second kappa shape index (κ2) is 9.05. The number of benzene rings is 1. The van der Waals surface area contributed by atoms with Gasteiger partial charge in [-0.1, -0.05) is 13.0 Å². The second-order valence-corrected chi connectivity index (χ2v) is 5.52. The van der Waals surface area contributed by atoms with Crippen LogP contribution in [0.5, 0.6) is 0 Å². The van der Waals surface area contributed by atoms with Crippen molar-refractivity contribution in [3.63, 3.8) is 0 Å². The van der Waals surface area contributed by atoms with Crippen LogP contribution in [0.15, 0.2) is 46.0 Å². The number of furan rings is 1. The van der Waals surface area contributed by atoms with Crippen LogP contribution in [0.3, 0.4) is 0 Å². The van der Waals surface area contributed by atoms with Crippen LogP contribution >= 0.6 is 0 Å². The van der Waals surface area contributed by atoms with Crippen LogP contribution < -0.4 is 10.6 Å². The van der Waals surface area contributed by atoms with Gasteiger partial charge in [-0.15, -0.1) is 0 Å². The van der Waals surface area contributed by atoms with Gasteiger partial charge >= 0.3 is 0 Å². The van der Waals surface area contributed by atoms with Gasteiger partial charge in [0.15, 0.2) is 5.96 Å². The van der Waals surface area contributed by atoms with Gasteiger partial charge in [-0.05, 0) is 31.5 Å². The molecule has 0 radical (unpaired) electrons. The van der Waals surface area contributed by atoms with E-state index in [4.69, 9.17) is 4.42 Å². The maximum Gasteiger partial charge on any atom is 0.191 e. The molecule has 1 atom stereocenters. The lowest BCUT2D eigenvalue weighted by Crippen LogP contribution is -2.40. The van der Waals surface area contributed by atoms with E-state index in [0.717, 1.165) is 24.7 Å². The Kier molecular flexibility index (Phi) is 6.78. The summed E-state index contributed by atoms with van der Waals surface area (Å²) < 4.78 is 32.2. The van der Waals surface area contributed by atoms with Crippen molar-refractivity contribution in [1.29, 1.82) is 0 Å². The van der Waals surface area contributed by atoms with Gasteiger partial charge in [-0.2, -0.15) is 0 Å². The zero-order valence-electron chi connectivity index (χ0n) is 14.0. The molecule has 0 amide bonds. The Morgan fingerprint density at radius 1 is 1.29 bits per heavy atom. The average Bonchev–Trinajstić information content (AvgIpc) is 3.05. The van der Waals surface area contributed by atoms with E-state index in [1.807, 2.05) is 26.0 Å². The molecule has 130 valence electrons. The van der Waals surface area contributed by atoms with Crippen LogP contribution in [0.4, 0.5) is 8.78 Å². The SMILES string of the molecule is CCCN=C(NCCc1ccco1)NC(C)c1ccc(F)cc1F. The Morgan fingerprint density at radius 2 is 2.12 bits per heavy atom. The first-order valence-electron chi connectivity index (χ1n) is 8.12. The predicted molar refractivity (Wildman–Crippen MR) is 90.9 cm³/mol. The summed E-state index contributed by atoms with van der Waals surface area (Å²) in [5, 5.41) is 6.36. The monoisotopic (exact) mass is 335 g/mol. The van der Waals surface area contributed by atoms with Crippen LogP contribution in [0, 0.1) is 11.6 Å². The average molecular weight is 335 g/mol. The van der Waals surface area contributed by atoms with E-state index in [1.54, 1.807) is 6.26 Å². The van der Waals surface area contributed by atoms with E-state index in [-0.39, 0.29) is 6.04 Å². The molecule has 2 rings (SSSR count). The minimum Gasteiger partial charge on any atom is -0.469 e. The molecule has 0 fully saturated rings. The molecule has 4 nitrogen and oxygen atoms in total. The first-order chi connectivity index (χ1) is 11.6. The molecule has 6 heteroatoms. The molecule has 0 aliphatic heterocycles. The summed E-state index contributed by atoms with van der Waals surface area (Å²) in [5.41, 5.74) is 0.397. The topological polar surface area (TPSA) is 49.6 Å². The van der Waals surface area contributed by atoms with Crippen molar-refractivity contribution in [3.05, 3.63) is 59.6 Å². The van der Waals surface area contributed by atoms with Gasteiger partial charge in [0.1, 0.15) is 17.4 Å². The minimum absolute atomic E-state index is 0.336. The van der Waals surface area contributed by atoms with Crippen molar-refractivity contribution >= 4 is 5.96 Å². The summed E-state index contributed by atoms with van der Waals surface area (Å²) in [6.07, 6.45) is 3.27. The van der Waals surface area contributed by atoms with Gasteiger partial charge in [0.05, 0.1) is 12.3 Å². The van der Waals surface area contributed by atoms with Crippen molar-refractivity contribution < 1.29 is 13.2 Å². The molecule has 0 aliphatic carbocycles. The van der Waals surface area contributed by atoms with Gasteiger partial charge in [0.2, 0.25) is 0 Å². The molecular weight excluding hydrogens is 312 g/mol. The number of nitrogens with one attached hydrogen (secondary N) is 2. The second-order valence-electron chi connectivity index (χ2n) is 5.52. The number of hydrogen-bond acceptors (Lipinski definition) is 2. The molecule has 1 aromatic carbocycles. The number of aliphatic imine (C=N–C) groups is 1. The van der Waals surface area contributed by atoms with Crippen molar-refractivity contribution in [1.82, 2.24) is 10.6 Å². The lowest BCUT2D eigenvalue weighted by atomic mass is 10.1. The summed E-state index contributed by atoms with van der Waals surface area (Å²) in [6, 6.07) is 7.01. The molecule has 2 N–H and O–H groups in total. The van der Waals surface area contributed by atoms with E-state index >= 15 is 0 Å². The van der Waals surface area contributed by atoms with Crippen molar-refractivity contribution in [2.24, 2.45) is 4.99 Å². The number of halogens is 2. The van der Waals surface area contributed by atoms with Crippen LogP contribution in [0.25, 0.3) is 0 Å². The summed E-state index contributed by atoms with van der Waals surface area (Å²) in [5.74, 6) is 0.329. The smallest absolute Gasteiger partial charge is 0.191 e. The maximum absolute atomic E-state index is 13.9. The maximum atomic E-state index is 13.9. The van der Waals surface area contributed by atoms with Gasteiger partial charge in [-0.3, -0.25) is 4.99 Å². The summed E-state index contributed by atoms with van der Waals surface area (Å²) in [4.78, 5) is 4.44. The largest absolute Gasteiger partial charge is 0.469 e. The quantitative estimate of drug-likeness (QED) is 0.598. The fourth-order valence-corrected chi connectivity index (χ4v) is 2.27. The predicted octanol–water partition coefficient (Wildman–Crippen LogP) is 3.81. The van der Waals surface area contributed by atoms with Gasteiger partial charge in [-0.25, -0.2) is 8.78 Å². The van der Waals surface area contributed by atoms with Gasteiger partial charge in [0.25, 0.3) is 0 Å². The van der Waals surface area contributed by atoms with Crippen molar-refractivity contribution in [2.75, 3.05) is 13.1 Å². The summed E-state index contributed by atoms with van der Waals surface area (Å²) in [7, 11) is 0. The third kappa shape index (κ3) is 5.37. The van der Waals surface area contributed by atoms with Crippen LogP contribution in [-0.2, 0) is 6.42 Å². The Bertz CT molecular complexity index is 656. The number of guanidine groups is 1. The Labute approximate surface area is 141 Å². The van der Waals surface area contributed by atoms with E-state index < -0.39 is 11.6 Å². The number of rotatable bonds is 7. The molecule has 0 saturated heterocycles. The van der Waals surface area contributed by atoms with Crippen molar-refractivity contribution in [2.45, 2.75) is 32.7 Å². The fraction of sp³-hybridized carbons (Fsp3) is 0.389. The zero-order chi connectivity index (χ0) is 17.4.